The maximum absolute atomic E-state index is 2.43. The Kier molecular flexibility index (Phi) is 5.31. The molecule has 0 saturated heterocycles. The lowest BCUT2D eigenvalue weighted by Gasteiger charge is -2.11. The predicted molar refractivity (Wildman–Crippen MR) is 120 cm³/mol. The van der Waals surface area contributed by atoms with Crippen LogP contribution >= 0.6 is 11.3 Å². The molecule has 0 saturated carbocycles. The first-order chi connectivity index (χ1) is 13.2. The van der Waals surface area contributed by atoms with Crippen molar-refractivity contribution >= 4 is 23.0 Å². The van der Waals surface area contributed by atoms with Gasteiger partial charge >= 0.3 is 0 Å². The third-order valence-electron chi connectivity index (χ3n) is 5.77. The van der Waals surface area contributed by atoms with Crippen molar-refractivity contribution in [1.29, 1.82) is 0 Å². The second-order valence-electron chi connectivity index (χ2n) is 7.67. The Labute approximate surface area is 167 Å². The molecule has 2 aromatic carbocycles. The lowest BCUT2D eigenvalue weighted by molar-refractivity contribution is 0.734. The van der Waals surface area contributed by atoms with Crippen molar-refractivity contribution in [3.8, 4) is 11.1 Å². The number of thiophene rings is 1. The minimum absolute atomic E-state index is 0.628. The lowest BCUT2D eigenvalue weighted by atomic mass is 9.93. The first kappa shape index (κ1) is 18.3. The van der Waals surface area contributed by atoms with Crippen LogP contribution in [0.1, 0.15) is 66.0 Å². The summed E-state index contributed by atoms with van der Waals surface area (Å²) in [7, 11) is 0. The Hall–Kier alpha value is -2.12. The zero-order chi connectivity index (χ0) is 18.8. The molecule has 4 rings (SSSR count). The van der Waals surface area contributed by atoms with Gasteiger partial charge in [-0.25, -0.2) is 0 Å². The van der Waals surface area contributed by atoms with Crippen LogP contribution in [0.4, 0.5) is 0 Å². The van der Waals surface area contributed by atoms with Gasteiger partial charge in [0.25, 0.3) is 0 Å². The van der Waals surface area contributed by atoms with Crippen molar-refractivity contribution in [3.63, 3.8) is 0 Å². The molecule has 1 heterocycles. The molecule has 27 heavy (non-hydrogen) atoms. The Bertz CT molecular complexity index is 956. The summed E-state index contributed by atoms with van der Waals surface area (Å²) < 4.78 is 0. The molecule has 1 aliphatic carbocycles. The van der Waals surface area contributed by atoms with Crippen LogP contribution in [0.5, 0.6) is 0 Å². The van der Waals surface area contributed by atoms with Crippen LogP contribution in [0.15, 0.2) is 54.6 Å². The Morgan fingerprint density at radius 3 is 2.52 bits per heavy atom. The summed E-state index contributed by atoms with van der Waals surface area (Å²) in [6.07, 6.45) is 7.08. The monoisotopic (exact) mass is 372 g/mol. The van der Waals surface area contributed by atoms with E-state index in [4.69, 9.17) is 0 Å². The Balaban J connectivity index is 1.66. The van der Waals surface area contributed by atoms with Gasteiger partial charge in [-0.05, 0) is 76.8 Å². The molecule has 0 nitrogen and oxygen atoms in total. The molecule has 0 fully saturated rings. The van der Waals surface area contributed by atoms with Crippen molar-refractivity contribution in [2.45, 2.75) is 52.4 Å². The summed E-state index contributed by atoms with van der Waals surface area (Å²) in [4.78, 5) is 2.94. The highest BCUT2D eigenvalue weighted by atomic mass is 32.1. The smallest absolute Gasteiger partial charge is 0.0308 e. The quantitative estimate of drug-likeness (QED) is 0.411. The lowest BCUT2D eigenvalue weighted by Crippen LogP contribution is -1.92. The number of hydrogen-bond acceptors (Lipinski definition) is 1. The van der Waals surface area contributed by atoms with Crippen molar-refractivity contribution in [2.75, 3.05) is 0 Å². The predicted octanol–water partition coefficient (Wildman–Crippen LogP) is 7.98. The van der Waals surface area contributed by atoms with Crippen LogP contribution in [0, 0.1) is 0 Å². The van der Waals surface area contributed by atoms with Gasteiger partial charge in [0.15, 0.2) is 0 Å². The second kappa shape index (κ2) is 7.86. The number of hydrogen-bond donors (Lipinski definition) is 0. The van der Waals surface area contributed by atoms with E-state index in [9.17, 15) is 0 Å². The maximum Gasteiger partial charge on any atom is 0.0308 e. The number of rotatable bonds is 6. The second-order valence-corrected chi connectivity index (χ2v) is 8.84. The van der Waals surface area contributed by atoms with E-state index in [0.29, 0.717) is 5.92 Å². The Morgan fingerprint density at radius 2 is 1.78 bits per heavy atom. The van der Waals surface area contributed by atoms with Gasteiger partial charge in [0.1, 0.15) is 0 Å². The summed E-state index contributed by atoms with van der Waals surface area (Å²) >= 11 is 1.97. The van der Waals surface area contributed by atoms with E-state index in [2.05, 4.69) is 81.4 Å². The Morgan fingerprint density at radius 1 is 0.963 bits per heavy atom. The molecule has 1 atom stereocenters. The first-order valence-corrected chi connectivity index (χ1v) is 11.0. The van der Waals surface area contributed by atoms with Gasteiger partial charge in [0.2, 0.25) is 0 Å². The van der Waals surface area contributed by atoms with E-state index in [1.165, 1.54) is 62.4 Å². The average Bonchev–Trinajstić information content (AvgIpc) is 3.34. The number of aryl methyl sites for hydroxylation is 1. The molecule has 3 aromatic rings. The summed E-state index contributed by atoms with van der Waals surface area (Å²) in [5, 5.41) is 0. The summed E-state index contributed by atoms with van der Waals surface area (Å²) in [6, 6.07) is 20.6. The molecule has 1 aliphatic rings. The summed E-state index contributed by atoms with van der Waals surface area (Å²) in [5.41, 5.74) is 8.47. The zero-order valence-corrected chi connectivity index (χ0v) is 17.4. The third kappa shape index (κ3) is 3.66. The number of fused-ring (bicyclic) bond motifs is 1. The molecular weight excluding hydrogens is 344 g/mol. The van der Waals surface area contributed by atoms with Crippen LogP contribution in [0.2, 0.25) is 0 Å². The van der Waals surface area contributed by atoms with Crippen LogP contribution in [0.25, 0.3) is 22.8 Å². The van der Waals surface area contributed by atoms with Gasteiger partial charge in [0.05, 0.1) is 0 Å². The molecule has 0 spiro atoms. The highest BCUT2D eigenvalue weighted by molar-refractivity contribution is 7.13. The van der Waals surface area contributed by atoms with E-state index < -0.39 is 0 Å². The molecule has 1 aromatic heterocycles. The van der Waals surface area contributed by atoms with Crippen LogP contribution in [-0.2, 0) is 12.8 Å². The van der Waals surface area contributed by atoms with Crippen molar-refractivity contribution in [2.24, 2.45) is 0 Å². The number of allylic oxidation sites excluding steroid dienone is 1. The largest absolute Gasteiger partial charge is 0.141 e. The van der Waals surface area contributed by atoms with Crippen LogP contribution < -0.4 is 0 Å². The van der Waals surface area contributed by atoms with Gasteiger partial charge in [-0.1, -0.05) is 69.7 Å². The van der Waals surface area contributed by atoms with E-state index >= 15 is 0 Å². The maximum atomic E-state index is 2.43. The molecule has 0 amide bonds. The van der Waals surface area contributed by atoms with Gasteiger partial charge < -0.3 is 0 Å². The minimum Gasteiger partial charge on any atom is -0.141 e. The van der Waals surface area contributed by atoms with Crippen molar-refractivity contribution < 1.29 is 0 Å². The van der Waals surface area contributed by atoms with Crippen molar-refractivity contribution in [1.82, 2.24) is 0 Å². The summed E-state index contributed by atoms with van der Waals surface area (Å²) in [5.74, 6) is 0.628. The average molecular weight is 373 g/mol. The molecule has 1 heteroatoms. The van der Waals surface area contributed by atoms with E-state index in [-0.39, 0.29) is 0 Å². The molecule has 0 aliphatic heterocycles. The van der Waals surface area contributed by atoms with E-state index in [0.717, 1.165) is 6.42 Å². The molecule has 138 valence electrons. The fraction of sp³-hybridized carbons (Fsp3) is 0.308. The fourth-order valence-electron chi connectivity index (χ4n) is 3.94. The van der Waals surface area contributed by atoms with E-state index in [1.807, 2.05) is 11.3 Å². The van der Waals surface area contributed by atoms with Crippen molar-refractivity contribution in [3.05, 3.63) is 81.0 Å². The van der Waals surface area contributed by atoms with Crippen LogP contribution in [-0.4, -0.2) is 0 Å². The van der Waals surface area contributed by atoms with Gasteiger partial charge in [-0.2, -0.15) is 0 Å². The number of benzene rings is 2. The standard InChI is InChI=1S/C26H28S/c1-4-7-23-14-15-26(27-23)22-16-21-8-6-9-24(25(21)17-22)20-12-10-19(11-13-20)18(3)5-2/h6,8-15,17-18H,4-5,7,16H2,1-3H3. The third-order valence-corrected chi connectivity index (χ3v) is 6.99. The first-order valence-electron chi connectivity index (χ1n) is 10.2. The zero-order valence-electron chi connectivity index (χ0n) is 16.6. The summed E-state index contributed by atoms with van der Waals surface area (Å²) in [6.45, 7) is 6.81. The van der Waals surface area contributed by atoms with Gasteiger partial charge in [0, 0.05) is 9.75 Å². The molecular formula is C26H28S. The SMILES string of the molecule is CCCc1ccc(C2=Cc3c(cccc3-c3ccc(C(C)CC)cc3)C2)s1. The fourth-order valence-corrected chi connectivity index (χ4v) is 5.06. The normalized spacial score (nSPS) is 14.1. The highest BCUT2D eigenvalue weighted by Gasteiger charge is 2.19. The minimum atomic E-state index is 0.628. The molecule has 1 unspecified atom stereocenters. The molecule has 0 radical (unpaired) electrons. The molecule has 0 bridgehead atoms. The van der Waals surface area contributed by atoms with E-state index in [1.54, 1.807) is 0 Å². The van der Waals surface area contributed by atoms with Gasteiger partial charge in [-0.3, -0.25) is 0 Å². The molecule has 0 N–H and O–H groups in total. The topological polar surface area (TPSA) is 0 Å². The highest BCUT2D eigenvalue weighted by Crippen LogP contribution is 2.39. The van der Waals surface area contributed by atoms with Gasteiger partial charge in [-0.15, -0.1) is 11.3 Å². The van der Waals surface area contributed by atoms with Crippen LogP contribution in [0.3, 0.4) is 0 Å².